The molecule has 0 aliphatic rings. The van der Waals surface area contributed by atoms with E-state index in [1.54, 1.807) is 24.5 Å². The van der Waals surface area contributed by atoms with Crippen LogP contribution in [0.4, 0.5) is 5.82 Å². The summed E-state index contributed by atoms with van der Waals surface area (Å²) >= 11 is 0. The number of hydrogen-bond acceptors (Lipinski definition) is 3. The summed E-state index contributed by atoms with van der Waals surface area (Å²) in [7, 11) is 0. The molecule has 2 heterocycles. The Morgan fingerprint density at radius 3 is 2.62 bits per heavy atom. The molecule has 2 aromatic heterocycles. The molecule has 2 aromatic rings. The average Bonchev–Trinajstić information content (AvgIpc) is 2.47. The van der Waals surface area contributed by atoms with Crippen molar-refractivity contribution in [2.75, 3.05) is 5.73 Å². The minimum atomic E-state index is -0.177. The third-order valence-corrected chi connectivity index (χ3v) is 1.66. The minimum Gasteiger partial charge on any atom is -0.384 e. The summed E-state index contributed by atoms with van der Waals surface area (Å²) in [6.45, 7) is 0. The third kappa shape index (κ3) is 1.31. The van der Waals surface area contributed by atoms with E-state index in [0.29, 0.717) is 5.82 Å². The Balaban J connectivity index is 2.59. The maximum atomic E-state index is 11.3. The number of hydrogen-bond donors (Lipinski definition) is 2. The SMILES string of the molecule is Nc1cc(=O)n(-c2ccncc2)[nH]1. The molecule has 0 atom stereocenters. The summed E-state index contributed by atoms with van der Waals surface area (Å²) in [5, 5.41) is 2.71. The molecule has 0 aliphatic heterocycles. The maximum absolute atomic E-state index is 11.3. The molecule has 0 saturated heterocycles. The van der Waals surface area contributed by atoms with E-state index in [4.69, 9.17) is 5.73 Å². The molecule has 0 spiro atoms. The first kappa shape index (κ1) is 7.60. The molecule has 0 saturated carbocycles. The predicted molar refractivity (Wildman–Crippen MR) is 48.6 cm³/mol. The summed E-state index contributed by atoms with van der Waals surface area (Å²) in [5.74, 6) is 0.349. The van der Waals surface area contributed by atoms with Gasteiger partial charge < -0.3 is 5.73 Å². The second-order valence-electron chi connectivity index (χ2n) is 2.59. The van der Waals surface area contributed by atoms with Crippen molar-refractivity contribution in [3.8, 4) is 5.69 Å². The lowest BCUT2D eigenvalue weighted by Gasteiger charge is -1.98. The number of anilines is 1. The van der Waals surface area contributed by atoms with Gasteiger partial charge in [-0.3, -0.25) is 14.9 Å². The fraction of sp³-hybridized carbons (Fsp3) is 0. The summed E-state index contributed by atoms with van der Waals surface area (Å²) in [6.07, 6.45) is 3.22. The highest BCUT2D eigenvalue weighted by molar-refractivity contribution is 5.33. The second kappa shape index (κ2) is 2.78. The lowest BCUT2D eigenvalue weighted by molar-refractivity contribution is 0.851. The molecular formula is C8H8N4O. The lowest BCUT2D eigenvalue weighted by atomic mass is 10.4. The Labute approximate surface area is 73.8 Å². The first-order valence-corrected chi connectivity index (χ1v) is 3.75. The maximum Gasteiger partial charge on any atom is 0.273 e. The molecule has 0 radical (unpaired) electrons. The van der Waals surface area contributed by atoms with Crippen LogP contribution in [0.25, 0.3) is 5.69 Å². The largest absolute Gasteiger partial charge is 0.384 e. The van der Waals surface area contributed by atoms with Crippen LogP contribution in [-0.2, 0) is 0 Å². The Bertz CT molecular complexity index is 456. The highest BCUT2D eigenvalue weighted by Gasteiger charge is 2.00. The zero-order chi connectivity index (χ0) is 9.26. The molecule has 66 valence electrons. The van der Waals surface area contributed by atoms with E-state index < -0.39 is 0 Å². The van der Waals surface area contributed by atoms with Gasteiger partial charge in [0.25, 0.3) is 5.56 Å². The predicted octanol–water partition coefficient (Wildman–Crippen LogP) is 0.143. The summed E-state index contributed by atoms with van der Waals surface area (Å²) in [6, 6.07) is 4.77. The molecule has 0 unspecified atom stereocenters. The van der Waals surface area contributed by atoms with Gasteiger partial charge in [0.1, 0.15) is 5.82 Å². The molecule has 2 rings (SSSR count). The minimum absolute atomic E-state index is 0.177. The van der Waals surface area contributed by atoms with Crippen LogP contribution in [-0.4, -0.2) is 14.8 Å². The molecule has 5 nitrogen and oxygen atoms in total. The first-order valence-electron chi connectivity index (χ1n) is 3.75. The van der Waals surface area contributed by atoms with Crippen LogP contribution in [0.5, 0.6) is 0 Å². The van der Waals surface area contributed by atoms with E-state index in [9.17, 15) is 4.79 Å². The number of nitrogens with two attached hydrogens (primary N) is 1. The molecule has 0 amide bonds. The fourth-order valence-corrected chi connectivity index (χ4v) is 1.10. The van der Waals surface area contributed by atoms with E-state index in [1.807, 2.05) is 0 Å². The van der Waals surface area contributed by atoms with E-state index >= 15 is 0 Å². The third-order valence-electron chi connectivity index (χ3n) is 1.66. The van der Waals surface area contributed by atoms with Crippen molar-refractivity contribution in [3.63, 3.8) is 0 Å². The first-order chi connectivity index (χ1) is 6.27. The highest BCUT2D eigenvalue weighted by Crippen LogP contribution is 2.01. The molecule has 0 aromatic carbocycles. The monoisotopic (exact) mass is 176 g/mol. The Morgan fingerprint density at radius 2 is 2.08 bits per heavy atom. The fourth-order valence-electron chi connectivity index (χ4n) is 1.10. The molecular weight excluding hydrogens is 168 g/mol. The summed E-state index contributed by atoms with van der Waals surface area (Å²) in [4.78, 5) is 15.1. The quantitative estimate of drug-likeness (QED) is 0.649. The molecule has 3 N–H and O–H groups in total. The molecule has 0 bridgehead atoms. The van der Waals surface area contributed by atoms with Gasteiger partial charge in [-0.1, -0.05) is 0 Å². The van der Waals surface area contributed by atoms with Gasteiger partial charge in [0.15, 0.2) is 0 Å². The topological polar surface area (TPSA) is 76.7 Å². The molecule has 13 heavy (non-hydrogen) atoms. The van der Waals surface area contributed by atoms with Gasteiger partial charge >= 0.3 is 0 Å². The standard InChI is InChI=1S/C8H8N4O/c9-7-5-8(13)12(11-7)6-1-3-10-4-2-6/h1-5,11H,9H2. The number of nitrogens with zero attached hydrogens (tertiary/aromatic N) is 2. The zero-order valence-electron chi connectivity index (χ0n) is 6.77. The van der Waals surface area contributed by atoms with Crippen molar-refractivity contribution in [3.05, 3.63) is 40.9 Å². The van der Waals surface area contributed by atoms with Crippen molar-refractivity contribution in [2.45, 2.75) is 0 Å². The van der Waals surface area contributed by atoms with Crippen molar-refractivity contribution < 1.29 is 0 Å². The number of H-pyrrole nitrogens is 1. The van der Waals surface area contributed by atoms with Crippen molar-refractivity contribution in [2.24, 2.45) is 0 Å². The zero-order valence-corrected chi connectivity index (χ0v) is 6.77. The van der Waals surface area contributed by atoms with Crippen LogP contribution < -0.4 is 11.3 Å². The molecule has 5 heteroatoms. The molecule has 0 fully saturated rings. The summed E-state index contributed by atoms with van der Waals surface area (Å²) in [5.41, 5.74) is 5.97. The van der Waals surface area contributed by atoms with E-state index in [-0.39, 0.29) is 5.56 Å². The van der Waals surface area contributed by atoms with E-state index in [0.717, 1.165) is 5.69 Å². The number of nitrogens with one attached hydrogen (secondary N) is 1. The average molecular weight is 176 g/mol. The van der Waals surface area contributed by atoms with Gasteiger partial charge in [-0.2, -0.15) is 0 Å². The second-order valence-corrected chi connectivity index (χ2v) is 2.59. The van der Waals surface area contributed by atoms with Crippen LogP contribution in [0.3, 0.4) is 0 Å². The highest BCUT2D eigenvalue weighted by atomic mass is 16.1. The van der Waals surface area contributed by atoms with Gasteiger partial charge in [0.2, 0.25) is 0 Å². The van der Waals surface area contributed by atoms with Crippen LogP contribution in [0.15, 0.2) is 35.4 Å². The van der Waals surface area contributed by atoms with E-state index in [2.05, 4.69) is 10.1 Å². The van der Waals surface area contributed by atoms with Crippen molar-refractivity contribution in [1.82, 2.24) is 14.8 Å². The normalized spacial score (nSPS) is 10.2. The molecule has 0 aliphatic carbocycles. The Morgan fingerprint density at radius 1 is 1.38 bits per heavy atom. The number of aromatic amines is 1. The number of rotatable bonds is 1. The van der Waals surface area contributed by atoms with E-state index in [1.165, 1.54) is 10.7 Å². The number of pyridine rings is 1. The number of nitrogen functional groups attached to an aromatic ring is 1. The van der Waals surface area contributed by atoms with Crippen molar-refractivity contribution >= 4 is 5.82 Å². The van der Waals surface area contributed by atoms with Gasteiger partial charge in [-0.15, -0.1) is 0 Å². The van der Waals surface area contributed by atoms with Crippen LogP contribution in [0.1, 0.15) is 0 Å². The number of aromatic nitrogens is 3. The Kier molecular flexibility index (Phi) is 1.63. The smallest absolute Gasteiger partial charge is 0.273 e. The van der Waals surface area contributed by atoms with Gasteiger partial charge in [-0.25, -0.2) is 4.68 Å². The van der Waals surface area contributed by atoms with Crippen LogP contribution in [0, 0.1) is 0 Å². The van der Waals surface area contributed by atoms with Gasteiger partial charge in [0.05, 0.1) is 5.69 Å². The van der Waals surface area contributed by atoms with Crippen molar-refractivity contribution in [1.29, 1.82) is 0 Å². The van der Waals surface area contributed by atoms with Crippen LogP contribution >= 0.6 is 0 Å². The Hall–Kier alpha value is -2.04. The van der Waals surface area contributed by atoms with Crippen LogP contribution in [0.2, 0.25) is 0 Å². The summed E-state index contributed by atoms with van der Waals surface area (Å²) < 4.78 is 1.36. The lowest BCUT2D eigenvalue weighted by Crippen LogP contribution is -2.13. The van der Waals surface area contributed by atoms with Gasteiger partial charge in [-0.05, 0) is 12.1 Å². The van der Waals surface area contributed by atoms with Gasteiger partial charge in [0, 0.05) is 18.5 Å².